The summed E-state index contributed by atoms with van der Waals surface area (Å²) in [6.07, 6.45) is 6.02. The molecule has 0 saturated heterocycles. The highest BCUT2D eigenvalue weighted by molar-refractivity contribution is 5.16. The molecule has 2 bridgehead atoms. The Morgan fingerprint density at radius 1 is 1.45 bits per heavy atom. The predicted molar refractivity (Wildman–Crippen MR) is 46.1 cm³/mol. The molecule has 2 aliphatic carbocycles. The first-order valence-corrected chi connectivity index (χ1v) is 4.42. The Bertz CT molecular complexity index is 158. The van der Waals surface area contributed by atoms with E-state index in [1.165, 1.54) is 6.42 Å². The molecule has 2 aliphatic rings. The third-order valence-electron chi connectivity index (χ3n) is 3.23. The van der Waals surface area contributed by atoms with E-state index < -0.39 is 0 Å². The Morgan fingerprint density at radius 3 is 2.73 bits per heavy atom. The summed E-state index contributed by atoms with van der Waals surface area (Å²) in [4.78, 5) is 0. The van der Waals surface area contributed by atoms with E-state index in [0.717, 1.165) is 18.4 Å². The molecular formula is C9H16N2. The third kappa shape index (κ3) is 0.932. The van der Waals surface area contributed by atoms with Crippen LogP contribution in [0.15, 0.2) is 12.2 Å². The van der Waals surface area contributed by atoms with Crippen LogP contribution in [0.25, 0.3) is 0 Å². The molecule has 0 aliphatic heterocycles. The summed E-state index contributed by atoms with van der Waals surface area (Å²) in [7, 11) is 2.04. The molecule has 2 rings (SSSR count). The van der Waals surface area contributed by atoms with Crippen LogP contribution in [0, 0.1) is 17.8 Å². The number of hydrogen-bond acceptors (Lipinski definition) is 2. The van der Waals surface area contributed by atoms with E-state index in [4.69, 9.17) is 5.73 Å². The number of hydrogen-bond donors (Lipinski definition) is 2. The van der Waals surface area contributed by atoms with Crippen molar-refractivity contribution in [3.63, 3.8) is 0 Å². The van der Waals surface area contributed by atoms with Crippen LogP contribution in [0.5, 0.6) is 0 Å². The van der Waals surface area contributed by atoms with Crippen molar-refractivity contribution >= 4 is 0 Å². The first-order valence-electron chi connectivity index (χ1n) is 4.42. The highest BCUT2D eigenvalue weighted by Crippen LogP contribution is 2.42. The van der Waals surface area contributed by atoms with E-state index in [0.29, 0.717) is 12.0 Å². The molecule has 11 heavy (non-hydrogen) atoms. The molecule has 0 aromatic carbocycles. The van der Waals surface area contributed by atoms with Crippen molar-refractivity contribution in [3.05, 3.63) is 12.2 Å². The van der Waals surface area contributed by atoms with Gasteiger partial charge in [-0.2, -0.15) is 0 Å². The zero-order valence-electron chi connectivity index (χ0n) is 6.96. The second-order valence-electron chi connectivity index (χ2n) is 3.66. The second-order valence-corrected chi connectivity index (χ2v) is 3.66. The molecule has 0 spiro atoms. The summed E-state index contributed by atoms with van der Waals surface area (Å²) >= 11 is 0. The summed E-state index contributed by atoms with van der Waals surface area (Å²) < 4.78 is 0. The fourth-order valence-corrected chi connectivity index (χ4v) is 2.67. The molecule has 2 nitrogen and oxygen atoms in total. The molecule has 0 amide bonds. The molecule has 62 valence electrons. The quantitative estimate of drug-likeness (QED) is 0.560. The van der Waals surface area contributed by atoms with Crippen molar-refractivity contribution < 1.29 is 0 Å². The monoisotopic (exact) mass is 152 g/mol. The minimum absolute atomic E-state index is 0.648. The zero-order chi connectivity index (χ0) is 7.84. The van der Waals surface area contributed by atoms with Crippen LogP contribution in [0.1, 0.15) is 6.42 Å². The van der Waals surface area contributed by atoms with Gasteiger partial charge in [-0.15, -0.1) is 0 Å². The zero-order valence-corrected chi connectivity index (χ0v) is 6.96. The molecule has 0 aromatic rings. The van der Waals surface area contributed by atoms with Gasteiger partial charge in [0.15, 0.2) is 0 Å². The predicted octanol–water partition coefficient (Wildman–Crippen LogP) is 0.355. The fraction of sp³-hybridized carbons (Fsp3) is 0.778. The fourth-order valence-electron chi connectivity index (χ4n) is 2.67. The van der Waals surface area contributed by atoms with Crippen LogP contribution in [0.2, 0.25) is 0 Å². The molecular weight excluding hydrogens is 136 g/mol. The Kier molecular flexibility index (Phi) is 1.74. The van der Waals surface area contributed by atoms with Crippen LogP contribution in [0.3, 0.4) is 0 Å². The van der Waals surface area contributed by atoms with Crippen molar-refractivity contribution in [2.75, 3.05) is 13.6 Å². The highest BCUT2D eigenvalue weighted by atomic mass is 14.9. The summed E-state index contributed by atoms with van der Waals surface area (Å²) in [5.74, 6) is 2.22. The Morgan fingerprint density at radius 2 is 2.18 bits per heavy atom. The van der Waals surface area contributed by atoms with E-state index in [2.05, 4.69) is 17.5 Å². The van der Waals surface area contributed by atoms with Crippen LogP contribution in [-0.4, -0.2) is 19.6 Å². The molecule has 1 fully saturated rings. The minimum Gasteiger partial charge on any atom is -0.330 e. The smallest absolute Gasteiger partial charge is 0.0173 e. The number of fused-ring (bicyclic) bond motifs is 2. The van der Waals surface area contributed by atoms with E-state index in [-0.39, 0.29) is 0 Å². The summed E-state index contributed by atoms with van der Waals surface area (Å²) in [6, 6.07) is 0.648. The number of allylic oxidation sites excluding steroid dienone is 1. The van der Waals surface area contributed by atoms with Crippen molar-refractivity contribution in [3.8, 4) is 0 Å². The molecule has 0 radical (unpaired) electrons. The average molecular weight is 152 g/mol. The van der Waals surface area contributed by atoms with Crippen LogP contribution in [0.4, 0.5) is 0 Å². The molecule has 0 heterocycles. The van der Waals surface area contributed by atoms with Crippen molar-refractivity contribution in [2.24, 2.45) is 23.5 Å². The van der Waals surface area contributed by atoms with Crippen molar-refractivity contribution in [1.82, 2.24) is 5.32 Å². The molecule has 3 N–H and O–H groups in total. The Labute approximate surface area is 67.8 Å². The van der Waals surface area contributed by atoms with Gasteiger partial charge in [0.1, 0.15) is 0 Å². The number of rotatable bonds is 2. The van der Waals surface area contributed by atoms with E-state index >= 15 is 0 Å². The van der Waals surface area contributed by atoms with Gasteiger partial charge in [-0.1, -0.05) is 12.2 Å². The maximum Gasteiger partial charge on any atom is 0.0173 e. The van der Waals surface area contributed by atoms with Gasteiger partial charge in [0.25, 0.3) is 0 Å². The molecule has 4 unspecified atom stereocenters. The lowest BCUT2D eigenvalue weighted by atomic mass is 9.89. The first-order chi connectivity index (χ1) is 5.36. The normalized spacial score (nSPS) is 47.1. The maximum atomic E-state index is 5.71. The SMILES string of the molecule is CNC1C2C=CC(C2)C1CN. The topological polar surface area (TPSA) is 38.0 Å². The molecule has 1 saturated carbocycles. The van der Waals surface area contributed by atoms with Gasteiger partial charge in [0.2, 0.25) is 0 Å². The molecule has 0 aromatic heterocycles. The van der Waals surface area contributed by atoms with Gasteiger partial charge in [-0.05, 0) is 37.8 Å². The van der Waals surface area contributed by atoms with Gasteiger partial charge in [0, 0.05) is 6.04 Å². The Hall–Kier alpha value is -0.340. The van der Waals surface area contributed by atoms with Gasteiger partial charge in [0.05, 0.1) is 0 Å². The lowest BCUT2D eigenvalue weighted by Crippen LogP contribution is -2.40. The average Bonchev–Trinajstić information content (AvgIpc) is 2.60. The lowest BCUT2D eigenvalue weighted by Gasteiger charge is -2.26. The van der Waals surface area contributed by atoms with Crippen molar-refractivity contribution in [2.45, 2.75) is 12.5 Å². The summed E-state index contributed by atoms with van der Waals surface area (Å²) in [6.45, 7) is 0.830. The summed E-state index contributed by atoms with van der Waals surface area (Å²) in [5, 5.41) is 3.37. The second kappa shape index (κ2) is 2.61. The van der Waals surface area contributed by atoms with Gasteiger partial charge in [-0.25, -0.2) is 0 Å². The van der Waals surface area contributed by atoms with Crippen LogP contribution < -0.4 is 11.1 Å². The van der Waals surface area contributed by atoms with E-state index in [1.807, 2.05) is 7.05 Å². The first kappa shape index (κ1) is 7.32. The molecule has 2 heteroatoms. The summed E-state index contributed by atoms with van der Waals surface area (Å²) in [5.41, 5.74) is 5.71. The highest BCUT2D eigenvalue weighted by Gasteiger charge is 2.42. The number of nitrogens with two attached hydrogens (primary N) is 1. The minimum atomic E-state index is 0.648. The van der Waals surface area contributed by atoms with Gasteiger partial charge in [-0.3, -0.25) is 0 Å². The largest absolute Gasteiger partial charge is 0.330 e. The van der Waals surface area contributed by atoms with Crippen molar-refractivity contribution in [1.29, 1.82) is 0 Å². The van der Waals surface area contributed by atoms with Gasteiger partial charge < -0.3 is 11.1 Å². The van der Waals surface area contributed by atoms with Crippen LogP contribution in [-0.2, 0) is 0 Å². The Balaban J connectivity index is 2.15. The lowest BCUT2D eigenvalue weighted by molar-refractivity contribution is 0.357. The van der Waals surface area contributed by atoms with E-state index in [9.17, 15) is 0 Å². The van der Waals surface area contributed by atoms with Crippen LogP contribution >= 0.6 is 0 Å². The third-order valence-corrected chi connectivity index (χ3v) is 3.23. The van der Waals surface area contributed by atoms with E-state index in [1.54, 1.807) is 0 Å². The molecule has 4 atom stereocenters. The number of nitrogens with one attached hydrogen (secondary N) is 1. The maximum absolute atomic E-state index is 5.71. The standard InChI is InChI=1S/C9H16N2/c1-11-9-7-3-2-6(4-7)8(9)5-10/h2-3,6-9,11H,4-5,10H2,1H3. The van der Waals surface area contributed by atoms with Gasteiger partial charge >= 0.3 is 0 Å².